The van der Waals surface area contributed by atoms with Gasteiger partial charge >= 0.3 is 11.9 Å². The summed E-state index contributed by atoms with van der Waals surface area (Å²) < 4.78 is 0. The molecule has 0 aromatic heterocycles. The third-order valence-electron chi connectivity index (χ3n) is 9.72. The van der Waals surface area contributed by atoms with E-state index in [9.17, 15) is 19.8 Å². The molecule has 144 valence electrons. The smallest absolute Gasteiger partial charge is 0.310 e. The van der Waals surface area contributed by atoms with Crippen LogP contribution < -0.4 is 0 Å². The summed E-state index contributed by atoms with van der Waals surface area (Å²) in [5.74, 6) is -0.532. The molecule has 6 fully saturated rings. The molecule has 6 aliphatic carbocycles. The molecule has 6 aliphatic rings. The average Bonchev–Trinajstić information content (AvgIpc) is 2.67. The summed E-state index contributed by atoms with van der Waals surface area (Å²) in [6, 6.07) is 0. The molecule has 0 heterocycles. The van der Waals surface area contributed by atoms with E-state index in [1.165, 1.54) is 0 Å². The first kappa shape index (κ1) is 17.1. The fourth-order valence-corrected chi connectivity index (χ4v) is 9.42. The molecule has 4 nitrogen and oxygen atoms in total. The molecular formula is C22H32O4. The molecule has 6 unspecified atom stereocenters. The zero-order chi connectivity index (χ0) is 18.1. The van der Waals surface area contributed by atoms with Gasteiger partial charge in [0, 0.05) is 0 Å². The fourth-order valence-electron chi connectivity index (χ4n) is 9.42. The van der Waals surface area contributed by atoms with Gasteiger partial charge in [-0.25, -0.2) is 0 Å². The number of aliphatic carboxylic acids is 2. The van der Waals surface area contributed by atoms with E-state index < -0.39 is 22.8 Å². The van der Waals surface area contributed by atoms with Crippen molar-refractivity contribution >= 4 is 11.9 Å². The van der Waals surface area contributed by atoms with Gasteiger partial charge in [0.25, 0.3) is 0 Å². The number of carboxylic acid groups (broad SMARTS) is 2. The molecule has 2 bridgehead atoms. The van der Waals surface area contributed by atoms with E-state index in [0.29, 0.717) is 0 Å². The second kappa shape index (κ2) is 5.72. The summed E-state index contributed by atoms with van der Waals surface area (Å²) >= 11 is 0. The van der Waals surface area contributed by atoms with E-state index in [1.54, 1.807) is 0 Å². The normalized spacial score (nSPS) is 52.5. The van der Waals surface area contributed by atoms with Gasteiger partial charge in [-0.2, -0.15) is 0 Å². The standard InChI is InChI=1S/C22H32O4/c23-19(24)21-13-7-1-2-8-14(13)22(20(25)26,17-11-5-3-9-15(17)21)18-12-6-4-10-16(18)21/h13-18H,1-12H2,(H,23,24)(H,25,26). The Bertz CT molecular complexity index is 509. The van der Waals surface area contributed by atoms with Crippen molar-refractivity contribution in [1.82, 2.24) is 0 Å². The molecule has 0 amide bonds. The van der Waals surface area contributed by atoms with Crippen LogP contribution in [0.1, 0.15) is 77.0 Å². The van der Waals surface area contributed by atoms with Gasteiger partial charge in [0.15, 0.2) is 0 Å². The molecule has 6 saturated carbocycles. The first-order valence-corrected chi connectivity index (χ1v) is 11.0. The maximum atomic E-state index is 13.0. The second-order valence-corrected chi connectivity index (χ2v) is 9.97. The first-order valence-electron chi connectivity index (χ1n) is 11.0. The Morgan fingerprint density at radius 3 is 0.846 bits per heavy atom. The van der Waals surface area contributed by atoms with Crippen molar-refractivity contribution in [3.05, 3.63) is 0 Å². The van der Waals surface area contributed by atoms with Gasteiger partial charge in [-0.15, -0.1) is 0 Å². The van der Waals surface area contributed by atoms with Crippen molar-refractivity contribution in [3.8, 4) is 0 Å². The maximum Gasteiger partial charge on any atom is 0.310 e. The zero-order valence-electron chi connectivity index (χ0n) is 15.7. The van der Waals surface area contributed by atoms with Crippen LogP contribution in [0.25, 0.3) is 0 Å². The van der Waals surface area contributed by atoms with Crippen LogP contribution in [0.5, 0.6) is 0 Å². The van der Waals surface area contributed by atoms with Gasteiger partial charge in [-0.1, -0.05) is 38.5 Å². The monoisotopic (exact) mass is 360 g/mol. The van der Waals surface area contributed by atoms with E-state index in [1.807, 2.05) is 0 Å². The van der Waals surface area contributed by atoms with Crippen LogP contribution in [0.2, 0.25) is 0 Å². The lowest BCUT2D eigenvalue weighted by Gasteiger charge is -2.74. The predicted molar refractivity (Wildman–Crippen MR) is 96.5 cm³/mol. The highest BCUT2D eigenvalue weighted by atomic mass is 16.4. The lowest BCUT2D eigenvalue weighted by atomic mass is 9.27. The Labute approximate surface area is 155 Å². The summed E-state index contributed by atoms with van der Waals surface area (Å²) in [6.07, 6.45) is 12.2. The number of carbonyl (C=O) groups is 2. The quantitative estimate of drug-likeness (QED) is 0.756. The van der Waals surface area contributed by atoms with E-state index >= 15 is 0 Å². The van der Waals surface area contributed by atoms with Gasteiger partial charge < -0.3 is 10.2 Å². The Hall–Kier alpha value is -1.06. The number of hydrogen-bond acceptors (Lipinski definition) is 2. The van der Waals surface area contributed by atoms with Crippen LogP contribution in [0, 0.1) is 46.3 Å². The van der Waals surface area contributed by atoms with Crippen LogP contribution in [0.3, 0.4) is 0 Å². The van der Waals surface area contributed by atoms with Crippen LogP contribution >= 0.6 is 0 Å². The van der Waals surface area contributed by atoms with Crippen LogP contribution in [0.4, 0.5) is 0 Å². The lowest BCUT2D eigenvalue weighted by Crippen LogP contribution is -2.76. The van der Waals surface area contributed by atoms with Gasteiger partial charge in [0.05, 0.1) is 10.8 Å². The van der Waals surface area contributed by atoms with E-state index in [0.717, 1.165) is 77.0 Å². The molecule has 0 radical (unpaired) electrons. The highest BCUT2D eigenvalue weighted by molar-refractivity contribution is 5.83. The maximum absolute atomic E-state index is 13.0. The highest BCUT2D eigenvalue weighted by Gasteiger charge is 2.79. The summed E-state index contributed by atoms with van der Waals surface area (Å²) in [4.78, 5) is 26.0. The molecule has 6 atom stereocenters. The molecule has 2 N–H and O–H groups in total. The predicted octanol–water partition coefficient (Wildman–Crippen LogP) is 4.57. The van der Waals surface area contributed by atoms with Gasteiger partial charge in [-0.05, 0) is 74.0 Å². The molecular weight excluding hydrogens is 328 g/mol. The van der Waals surface area contributed by atoms with Crippen LogP contribution in [-0.4, -0.2) is 22.2 Å². The molecule has 6 rings (SSSR count). The average molecular weight is 360 g/mol. The largest absolute Gasteiger partial charge is 0.481 e. The topological polar surface area (TPSA) is 74.6 Å². The van der Waals surface area contributed by atoms with Gasteiger partial charge in [-0.3, -0.25) is 9.59 Å². The summed E-state index contributed by atoms with van der Waals surface area (Å²) in [5.41, 5.74) is -1.25. The van der Waals surface area contributed by atoms with Crippen LogP contribution in [-0.2, 0) is 9.59 Å². The minimum Gasteiger partial charge on any atom is -0.481 e. The minimum absolute atomic E-state index is 0.101. The minimum atomic E-state index is -0.627. The third-order valence-corrected chi connectivity index (χ3v) is 9.72. The van der Waals surface area contributed by atoms with Gasteiger partial charge in [0.2, 0.25) is 0 Å². The second-order valence-electron chi connectivity index (χ2n) is 9.97. The van der Waals surface area contributed by atoms with Crippen LogP contribution in [0.15, 0.2) is 0 Å². The lowest BCUT2D eigenvalue weighted by molar-refractivity contribution is -0.289. The molecule has 0 spiro atoms. The molecule has 0 saturated heterocycles. The van der Waals surface area contributed by atoms with E-state index in [2.05, 4.69) is 0 Å². The Balaban J connectivity index is 1.79. The van der Waals surface area contributed by atoms with Crippen molar-refractivity contribution < 1.29 is 19.8 Å². The van der Waals surface area contributed by atoms with Gasteiger partial charge in [0.1, 0.15) is 0 Å². The molecule has 0 aliphatic heterocycles. The summed E-state index contributed by atoms with van der Waals surface area (Å²) in [7, 11) is 0. The Morgan fingerprint density at radius 2 is 0.692 bits per heavy atom. The summed E-state index contributed by atoms with van der Waals surface area (Å²) in [6.45, 7) is 0. The molecule has 0 aromatic carbocycles. The number of hydrogen-bond donors (Lipinski definition) is 2. The Kier molecular flexibility index (Phi) is 3.75. The SMILES string of the molecule is O=C(O)C12C3CCCCC3C(C(=O)O)(C3CCCCC31)C1CCCCC12. The van der Waals surface area contributed by atoms with E-state index in [-0.39, 0.29) is 35.5 Å². The molecule has 26 heavy (non-hydrogen) atoms. The molecule has 4 heteroatoms. The van der Waals surface area contributed by atoms with Crippen molar-refractivity contribution in [2.75, 3.05) is 0 Å². The third kappa shape index (κ3) is 1.73. The first-order chi connectivity index (χ1) is 12.6. The zero-order valence-corrected chi connectivity index (χ0v) is 15.7. The van der Waals surface area contributed by atoms with Crippen molar-refractivity contribution in [2.24, 2.45) is 46.3 Å². The fraction of sp³-hybridized carbons (Fsp3) is 0.909. The molecule has 0 aromatic rings. The number of rotatable bonds is 2. The van der Waals surface area contributed by atoms with Crippen molar-refractivity contribution in [1.29, 1.82) is 0 Å². The number of carboxylic acids is 2. The van der Waals surface area contributed by atoms with E-state index in [4.69, 9.17) is 0 Å². The Morgan fingerprint density at radius 1 is 0.500 bits per heavy atom. The highest BCUT2D eigenvalue weighted by Crippen LogP contribution is 2.78. The van der Waals surface area contributed by atoms with Crippen molar-refractivity contribution in [2.45, 2.75) is 77.0 Å². The summed E-state index contributed by atoms with van der Waals surface area (Å²) in [5, 5.41) is 21.4. The van der Waals surface area contributed by atoms with Crippen molar-refractivity contribution in [3.63, 3.8) is 0 Å².